The molecule has 0 aliphatic carbocycles. The van der Waals surface area contributed by atoms with Crippen LogP contribution >= 0.6 is 0 Å². The zero-order valence-electron chi connectivity index (χ0n) is 12.9. The van der Waals surface area contributed by atoms with Crippen molar-refractivity contribution in [1.82, 2.24) is 25.3 Å². The highest BCUT2D eigenvalue weighted by molar-refractivity contribution is 5.91. The lowest BCUT2D eigenvalue weighted by Gasteiger charge is -2.42. The summed E-state index contributed by atoms with van der Waals surface area (Å²) in [4.78, 5) is 29.7. The van der Waals surface area contributed by atoms with Crippen LogP contribution in [-0.2, 0) is 0 Å². The molecule has 126 valence electrons. The molecule has 0 spiro atoms. The average molecular weight is 330 g/mol. The third-order valence-electron chi connectivity index (χ3n) is 4.05. The zero-order chi connectivity index (χ0) is 17.0. The fraction of sp³-hybridized carbons (Fsp3) is 0.400. The van der Waals surface area contributed by atoms with Gasteiger partial charge in [0.25, 0.3) is 5.91 Å². The van der Waals surface area contributed by atoms with Crippen LogP contribution in [0.1, 0.15) is 16.9 Å². The number of hydrogen-bond donors (Lipinski definition) is 3. The molecule has 1 aliphatic heterocycles. The molecule has 3 N–H and O–H groups in total. The Hall–Kier alpha value is -2.65. The van der Waals surface area contributed by atoms with Crippen molar-refractivity contribution in [2.24, 2.45) is 0 Å². The first-order chi connectivity index (χ1) is 11.6. The summed E-state index contributed by atoms with van der Waals surface area (Å²) in [6.45, 7) is 0.626. The number of hydrogen-bond acceptors (Lipinski definition) is 8. The summed E-state index contributed by atoms with van der Waals surface area (Å²) in [6, 6.07) is 0. The van der Waals surface area contributed by atoms with Gasteiger partial charge < -0.3 is 20.4 Å². The van der Waals surface area contributed by atoms with Crippen LogP contribution in [0, 0.1) is 0 Å². The number of nitrogens with zero attached hydrogens (tertiary/aromatic N) is 5. The molecule has 1 amide bonds. The van der Waals surface area contributed by atoms with Crippen LogP contribution in [0.3, 0.4) is 0 Å². The van der Waals surface area contributed by atoms with Gasteiger partial charge in [-0.1, -0.05) is 0 Å². The predicted octanol–water partition coefficient (Wildman–Crippen LogP) is -1.00. The summed E-state index contributed by atoms with van der Waals surface area (Å²) in [6.07, 6.45) is 8.22. The maximum absolute atomic E-state index is 12.0. The number of carbonyl (C=O) groups excluding carboxylic acids is 1. The van der Waals surface area contributed by atoms with E-state index >= 15 is 0 Å². The van der Waals surface area contributed by atoms with E-state index in [-0.39, 0.29) is 25.2 Å². The summed E-state index contributed by atoms with van der Waals surface area (Å²) >= 11 is 0. The SMILES string of the molecule is O=C(NC[C@]1(O)CCN(c2cnccn2)C[C@H]1O)c1cnccn1. The van der Waals surface area contributed by atoms with Gasteiger partial charge in [0.15, 0.2) is 0 Å². The van der Waals surface area contributed by atoms with Crippen molar-refractivity contribution in [3.05, 3.63) is 42.9 Å². The van der Waals surface area contributed by atoms with Gasteiger partial charge in [-0.15, -0.1) is 0 Å². The van der Waals surface area contributed by atoms with Crippen molar-refractivity contribution in [3.63, 3.8) is 0 Å². The molecule has 1 aliphatic rings. The number of carbonyl (C=O) groups is 1. The number of anilines is 1. The van der Waals surface area contributed by atoms with E-state index in [1.54, 1.807) is 18.6 Å². The summed E-state index contributed by atoms with van der Waals surface area (Å²) in [5, 5.41) is 23.6. The van der Waals surface area contributed by atoms with Gasteiger partial charge in [-0.05, 0) is 6.42 Å². The van der Waals surface area contributed by atoms with Gasteiger partial charge >= 0.3 is 0 Å². The average Bonchev–Trinajstić information content (AvgIpc) is 2.64. The van der Waals surface area contributed by atoms with E-state index in [9.17, 15) is 15.0 Å². The minimum Gasteiger partial charge on any atom is -0.388 e. The number of aliphatic hydroxyl groups is 2. The molecular formula is C15H18N6O3. The topological polar surface area (TPSA) is 124 Å². The molecule has 24 heavy (non-hydrogen) atoms. The third-order valence-corrected chi connectivity index (χ3v) is 4.05. The van der Waals surface area contributed by atoms with Crippen LogP contribution < -0.4 is 10.2 Å². The Labute approximate surface area is 138 Å². The van der Waals surface area contributed by atoms with Gasteiger partial charge in [0.1, 0.15) is 23.2 Å². The predicted molar refractivity (Wildman–Crippen MR) is 84.2 cm³/mol. The Morgan fingerprint density at radius 2 is 2.00 bits per heavy atom. The first-order valence-corrected chi connectivity index (χ1v) is 7.54. The Morgan fingerprint density at radius 3 is 2.62 bits per heavy atom. The second-order valence-corrected chi connectivity index (χ2v) is 5.65. The number of rotatable bonds is 4. The van der Waals surface area contributed by atoms with Crippen LogP contribution in [-0.4, -0.2) is 67.4 Å². The van der Waals surface area contributed by atoms with Crippen LogP contribution in [0.15, 0.2) is 37.2 Å². The van der Waals surface area contributed by atoms with Crippen molar-refractivity contribution in [3.8, 4) is 0 Å². The second kappa shape index (κ2) is 6.85. The molecular weight excluding hydrogens is 312 g/mol. The number of aromatic nitrogens is 4. The van der Waals surface area contributed by atoms with E-state index in [1.807, 2.05) is 4.90 Å². The Kier molecular flexibility index (Phi) is 4.63. The normalized spacial score (nSPS) is 23.8. The Morgan fingerprint density at radius 1 is 1.25 bits per heavy atom. The number of piperidine rings is 1. The lowest BCUT2D eigenvalue weighted by atomic mass is 9.88. The molecule has 0 aromatic carbocycles. The first-order valence-electron chi connectivity index (χ1n) is 7.54. The van der Waals surface area contributed by atoms with E-state index in [1.165, 1.54) is 18.6 Å². The zero-order valence-corrected chi connectivity index (χ0v) is 12.9. The lowest BCUT2D eigenvalue weighted by Crippen LogP contribution is -2.60. The van der Waals surface area contributed by atoms with E-state index in [0.29, 0.717) is 12.4 Å². The highest BCUT2D eigenvalue weighted by atomic mass is 16.3. The number of nitrogens with one attached hydrogen (secondary N) is 1. The van der Waals surface area contributed by atoms with Crippen molar-refractivity contribution in [1.29, 1.82) is 0 Å². The standard InChI is InChI=1S/C15H18N6O3/c22-12-9-21(13-8-17-3-5-19-13)6-1-15(12,24)10-20-14(23)11-7-16-2-4-18-11/h2-5,7-8,12,22,24H,1,6,9-10H2,(H,20,23)/t12-,15-/m1/s1. The molecule has 3 heterocycles. The highest BCUT2D eigenvalue weighted by Gasteiger charge is 2.41. The molecule has 2 aromatic heterocycles. The van der Waals surface area contributed by atoms with Crippen LogP contribution in [0.2, 0.25) is 0 Å². The number of β-amino-alcohol motifs (C(OH)–C–C–N with tert-alkyl or cyclic N) is 1. The van der Waals surface area contributed by atoms with Gasteiger partial charge in [-0.25, -0.2) is 9.97 Å². The first kappa shape index (κ1) is 16.2. The van der Waals surface area contributed by atoms with Crippen molar-refractivity contribution >= 4 is 11.7 Å². The van der Waals surface area contributed by atoms with E-state index in [2.05, 4.69) is 25.3 Å². The van der Waals surface area contributed by atoms with E-state index in [0.717, 1.165) is 0 Å². The minimum atomic E-state index is -1.41. The smallest absolute Gasteiger partial charge is 0.271 e. The largest absolute Gasteiger partial charge is 0.388 e. The van der Waals surface area contributed by atoms with Gasteiger partial charge in [0, 0.05) is 44.4 Å². The molecule has 0 bridgehead atoms. The van der Waals surface area contributed by atoms with Crippen molar-refractivity contribution in [2.45, 2.75) is 18.1 Å². The third kappa shape index (κ3) is 3.47. The summed E-state index contributed by atoms with van der Waals surface area (Å²) in [5.41, 5.74) is -1.25. The quantitative estimate of drug-likeness (QED) is 0.652. The monoisotopic (exact) mass is 330 g/mol. The van der Waals surface area contributed by atoms with Gasteiger partial charge in [-0.2, -0.15) is 0 Å². The maximum atomic E-state index is 12.0. The van der Waals surface area contributed by atoms with Crippen molar-refractivity contribution in [2.75, 3.05) is 24.5 Å². The number of aliphatic hydroxyl groups excluding tert-OH is 1. The van der Waals surface area contributed by atoms with Crippen LogP contribution in [0.25, 0.3) is 0 Å². The molecule has 0 saturated carbocycles. The lowest BCUT2D eigenvalue weighted by molar-refractivity contribution is -0.0825. The van der Waals surface area contributed by atoms with Gasteiger partial charge in [0.2, 0.25) is 0 Å². The van der Waals surface area contributed by atoms with Crippen LogP contribution in [0.4, 0.5) is 5.82 Å². The highest BCUT2D eigenvalue weighted by Crippen LogP contribution is 2.25. The van der Waals surface area contributed by atoms with Crippen molar-refractivity contribution < 1.29 is 15.0 Å². The fourth-order valence-electron chi connectivity index (χ4n) is 2.57. The molecule has 1 saturated heterocycles. The van der Waals surface area contributed by atoms with E-state index in [4.69, 9.17) is 0 Å². The summed E-state index contributed by atoms with van der Waals surface area (Å²) in [5.74, 6) is 0.197. The number of amides is 1. The molecule has 3 rings (SSSR count). The Bertz CT molecular complexity index is 686. The molecule has 2 aromatic rings. The molecule has 9 nitrogen and oxygen atoms in total. The van der Waals surface area contributed by atoms with Gasteiger partial charge in [-0.3, -0.25) is 14.8 Å². The summed E-state index contributed by atoms with van der Waals surface area (Å²) in [7, 11) is 0. The molecule has 0 radical (unpaired) electrons. The molecule has 0 unspecified atom stereocenters. The second-order valence-electron chi connectivity index (χ2n) is 5.65. The fourth-order valence-corrected chi connectivity index (χ4v) is 2.57. The molecule has 1 fully saturated rings. The molecule has 2 atom stereocenters. The maximum Gasteiger partial charge on any atom is 0.271 e. The summed E-state index contributed by atoms with van der Waals surface area (Å²) < 4.78 is 0. The molecule has 9 heteroatoms. The van der Waals surface area contributed by atoms with Gasteiger partial charge in [0.05, 0.1) is 12.4 Å². The van der Waals surface area contributed by atoms with Crippen LogP contribution in [0.5, 0.6) is 0 Å². The minimum absolute atomic E-state index is 0.0715. The Balaban J connectivity index is 1.59. The van der Waals surface area contributed by atoms with E-state index < -0.39 is 17.6 Å².